The lowest BCUT2D eigenvalue weighted by Crippen LogP contribution is -2.64. The van der Waals surface area contributed by atoms with Crippen molar-refractivity contribution in [1.29, 1.82) is 0 Å². The second kappa shape index (κ2) is 17.1. The third-order valence-electron chi connectivity index (χ3n) is 10.4. The summed E-state index contributed by atoms with van der Waals surface area (Å²) >= 11 is 6.04. The van der Waals surface area contributed by atoms with E-state index in [9.17, 15) is 30.0 Å². The molecule has 2 aromatic carbocycles. The summed E-state index contributed by atoms with van der Waals surface area (Å²) in [5.74, 6) is -0.447. The molecule has 1 saturated carbocycles. The highest BCUT2D eigenvalue weighted by Crippen LogP contribution is 2.33. The number of hydrogen-bond donors (Lipinski definition) is 6. The molecule has 3 aromatic rings. The topological polar surface area (TPSA) is 227 Å². The number of nitrogens with two attached hydrogens (primary N) is 2. The smallest absolute Gasteiger partial charge is 0.310 e. The Morgan fingerprint density at radius 3 is 2.34 bits per heavy atom. The van der Waals surface area contributed by atoms with Gasteiger partial charge in [-0.3, -0.25) is 14.2 Å². The molecular weight excluding hydrogens is 714 g/mol. The molecule has 11 atom stereocenters. The number of methoxy groups -OCH3 is 1. The summed E-state index contributed by atoms with van der Waals surface area (Å²) < 4.78 is 36.3. The summed E-state index contributed by atoms with van der Waals surface area (Å²) in [6.45, 7) is 1.44. The lowest BCUT2D eigenvalue weighted by molar-refractivity contribution is -0.311. The standard InChI is InChI=1S/C37H48ClN3O12/c1-18-22(23-14-21(48-2)10-11-24(23)41(18)36(47)19-6-8-20(38)9-7-19)15-30(43)49-17-29-34(45)32(40)35(46)37(53-29)52-27-5-3-4-26(33(27)44)50-31-13-12-25(42)28(16-39)51-31/h6-11,14,25-29,31-35,37,42,44-46H,3-5,12-13,15-17,39-40H2,1-2H3/t25-,26+,27-,28+,29+,31-,32-,33-,34+,35+,37-/m0/s1. The molecule has 2 aliphatic heterocycles. The van der Waals surface area contributed by atoms with Gasteiger partial charge in [0.1, 0.15) is 36.8 Å². The molecule has 8 N–H and O–H groups in total. The number of ether oxygens (including phenoxy) is 6. The first-order valence-corrected chi connectivity index (χ1v) is 18.2. The number of rotatable bonds is 11. The van der Waals surface area contributed by atoms with E-state index in [1.165, 1.54) is 11.7 Å². The van der Waals surface area contributed by atoms with Crippen molar-refractivity contribution in [2.45, 2.75) is 113 Å². The fourth-order valence-electron chi connectivity index (χ4n) is 7.31. The Hall–Kier alpha value is -3.19. The molecule has 15 nitrogen and oxygen atoms in total. The van der Waals surface area contributed by atoms with Crippen molar-refractivity contribution in [3.63, 3.8) is 0 Å². The number of aliphatic hydroxyl groups excluding tert-OH is 4. The molecule has 0 bridgehead atoms. The van der Waals surface area contributed by atoms with Gasteiger partial charge >= 0.3 is 5.97 Å². The minimum Gasteiger partial charge on any atom is -0.497 e. The van der Waals surface area contributed by atoms with Crippen LogP contribution >= 0.6 is 11.6 Å². The van der Waals surface area contributed by atoms with Crippen LogP contribution in [-0.4, -0.2) is 125 Å². The Bertz CT molecular complexity index is 1740. The van der Waals surface area contributed by atoms with Crippen LogP contribution in [0.4, 0.5) is 0 Å². The molecule has 53 heavy (non-hydrogen) atoms. The number of benzene rings is 2. The van der Waals surface area contributed by atoms with Crippen LogP contribution in [0.3, 0.4) is 0 Å². The quantitative estimate of drug-likeness (QED) is 0.152. The zero-order valence-electron chi connectivity index (χ0n) is 29.6. The van der Waals surface area contributed by atoms with Crippen LogP contribution in [0, 0.1) is 6.92 Å². The number of nitrogens with zero attached hydrogens (tertiary/aromatic N) is 1. The van der Waals surface area contributed by atoms with Crippen LogP contribution in [0.1, 0.15) is 53.7 Å². The molecular formula is C37H48ClN3O12. The minimum atomic E-state index is -1.46. The van der Waals surface area contributed by atoms with Gasteiger partial charge in [-0.15, -0.1) is 0 Å². The Labute approximate surface area is 311 Å². The summed E-state index contributed by atoms with van der Waals surface area (Å²) in [6, 6.07) is 10.5. The van der Waals surface area contributed by atoms with E-state index in [4.69, 9.17) is 51.5 Å². The average Bonchev–Trinajstić information content (AvgIpc) is 3.42. The van der Waals surface area contributed by atoms with Gasteiger partial charge in [-0.2, -0.15) is 0 Å². The Balaban J connectivity index is 1.11. The SMILES string of the molecule is COc1ccc2c(c1)c(CC(=O)OC[C@H]1O[C@H](O[C@H]3CCC[C@@H](O[C@@H]4CC[C@H](O)[C@@H](CN)O4)[C@@H]3O)[C@H](O)[C@@H](N)[C@@H]1O)c(C)n2C(=O)c1ccc(Cl)cc1. The Kier molecular flexibility index (Phi) is 12.7. The lowest BCUT2D eigenvalue weighted by atomic mass is 9.91. The largest absolute Gasteiger partial charge is 0.497 e. The van der Waals surface area contributed by atoms with Crippen molar-refractivity contribution in [1.82, 2.24) is 4.57 Å². The minimum absolute atomic E-state index is 0.130. The number of hydrogen-bond acceptors (Lipinski definition) is 14. The van der Waals surface area contributed by atoms with E-state index >= 15 is 0 Å². The van der Waals surface area contributed by atoms with Crippen molar-refractivity contribution >= 4 is 34.4 Å². The van der Waals surface area contributed by atoms with Gasteiger partial charge in [-0.25, -0.2) is 0 Å². The first-order valence-electron chi connectivity index (χ1n) is 17.8. The maximum Gasteiger partial charge on any atom is 0.310 e. The van der Waals surface area contributed by atoms with E-state index in [0.717, 1.165) is 0 Å². The number of esters is 1. The van der Waals surface area contributed by atoms with E-state index in [2.05, 4.69) is 0 Å². The average molecular weight is 762 g/mol. The van der Waals surface area contributed by atoms with Gasteiger partial charge in [-0.1, -0.05) is 11.6 Å². The van der Waals surface area contributed by atoms with Crippen molar-refractivity contribution in [3.05, 3.63) is 64.3 Å². The van der Waals surface area contributed by atoms with E-state index in [1.807, 2.05) is 0 Å². The van der Waals surface area contributed by atoms with Gasteiger partial charge in [0.2, 0.25) is 0 Å². The molecule has 0 amide bonds. The van der Waals surface area contributed by atoms with Crippen LogP contribution in [-0.2, 0) is 34.9 Å². The van der Waals surface area contributed by atoms with Gasteiger partial charge in [0, 0.05) is 34.6 Å². The first-order chi connectivity index (χ1) is 25.4. The molecule has 0 spiro atoms. The van der Waals surface area contributed by atoms with Crippen LogP contribution < -0.4 is 16.2 Å². The number of halogens is 1. The Morgan fingerprint density at radius 1 is 0.925 bits per heavy atom. The maximum absolute atomic E-state index is 13.7. The highest BCUT2D eigenvalue weighted by Gasteiger charge is 2.47. The second-order valence-corrected chi connectivity index (χ2v) is 14.2. The van der Waals surface area contributed by atoms with Crippen molar-refractivity contribution in [2.75, 3.05) is 20.3 Å². The highest BCUT2D eigenvalue weighted by atomic mass is 35.5. The van der Waals surface area contributed by atoms with Gasteiger partial charge in [-0.05, 0) is 80.6 Å². The zero-order chi connectivity index (χ0) is 38.0. The highest BCUT2D eigenvalue weighted by molar-refractivity contribution is 6.30. The zero-order valence-corrected chi connectivity index (χ0v) is 30.3. The van der Waals surface area contributed by atoms with Gasteiger partial charge in [0.15, 0.2) is 12.6 Å². The van der Waals surface area contributed by atoms with E-state index in [-0.39, 0.29) is 18.9 Å². The molecule has 3 fully saturated rings. The molecule has 0 unspecified atom stereocenters. The number of carbonyl (C=O) groups excluding carboxylic acids is 2. The molecule has 3 aliphatic rings. The Morgan fingerprint density at radius 2 is 1.64 bits per heavy atom. The monoisotopic (exact) mass is 761 g/mol. The van der Waals surface area contributed by atoms with Gasteiger partial charge in [0.25, 0.3) is 5.91 Å². The summed E-state index contributed by atoms with van der Waals surface area (Å²) in [4.78, 5) is 27.0. The fraction of sp³-hybridized carbons (Fsp3) is 0.568. The van der Waals surface area contributed by atoms with Crippen LogP contribution in [0.5, 0.6) is 5.75 Å². The molecule has 6 rings (SSSR count). The summed E-state index contributed by atoms with van der Waals surface area (Å²) in [7, 11) is 1.52. The van der Waals surface area contributed by atoms with Crippen LogP contribution in [0.2, 0.25) is 5.02 Å². The summed E-state index contributed by atoms with van der Waals surface area (Å²) in [5, 5.41) is 44.1. The van der Waals surface area contributed by atoms with E-state index in [0.29, 0.717) is 70.6 Å². The molecule has 290 valence electrons. The van der Waals surface area contributed by atoms with Crippen molar-refractivity contribution < 1.29 is 58.4 Å². The van der Waals surface area contributed by atoms with Crippen molar-refractivity contribution in [3.8, 4) is 5.75 Å². The van der Waals surface area contributed by atoms with Gasteiger partial charge < -0.3 is 60.3 Å². The first kappa shape index (κ1) is 39.5. The second-order valence-electron chi connectivity index (χ2n) is 13.8. The molecule has 0 radical (unpaired) electrons. The normalized spacial score (nSPS) is 32.1. The van der Waals surface area contributed by atoms with Crippen molar-refractivity contribution in [2.24, 2.45) is 11.5 Å². The van der Waals surface area contributed by atoms with Crippen LogP contribution in [0.25, 0.3) is 10.9 Å². The molecule has 16 heteroatoms. The number of aromatic nitrogens is 1. The molecule has 1 aromatic heterocycles. The number of carbonyl (C=O) groups is 2. The maximum atomic E-state index is 13.7. The predicted octanol–water partition coefficient (Wildman–Crippen LogP) is 1.30. The molecule has 2 saturated heterocycles. The number of aliphatic hydroxyl groups is 4. The molecule has 3 heterocycles. The number of fused-ring (bicyclic) bond motifs is 1. The van der Waals surface area contributed by atoms with E-state index < -0.39 is 80.0 Å². The fourth-order valence-corrected chi connectivity index (χ4v) is 7.43. The van der Waals surface area contributed by atoms with E-state index in [1.54, 1.807) is 49.4 Å². The third-order valence-corrected chi connectivity index (χ3v) is 10.6. The summed E-state index contributed by atoms with van der Waals surface area (Å²) in [6.07, 6.45) is -7.63. The van der Waals surface area contributed by atoms with Gasteiger partial charge in [0.05, 0.1) is 49.5 Å². The van der Waals surface area contributed by atoms with Crippen LogP contribution in [0.15, 0.2) is 42.5 Å². The third kappa shape index (κ3) is 8.56. The lowest BCUT2D eigenvalue weighted by Gasteiger charge is -2.44. The summed E-state index contributed by atoms with van der Waals surface area (Å²) in [5.41, 5.74) is 13.9. The molecule has 1 aliphatic carbocycles. The predicted molar refractivity (Wildman–Crippen MR) is 190 cm³/mol.